The number of hydrogen-bond acceptors (Lipinski definition) is 5. The topological polar surface area (TPSA) is 65.0 Å². The molecular weight excluding hydrogens is 266 g/mol. The summed E-state index contributed by atoms with van der Waals surface area (Å²) in [5.41, 5.74) is 4.63. The van der Waals surface area contributed by atoms with Gasteiger partial charge in [-0.3, -0.25) is 4.98 Å². The van der Waals surface area contributed by atoms with E-state index in [-0.39, 0.29) is 12.6 Å². The van der Waals surface area contributed by atoms with Crippen LogP contribution in [0, 0.1) is 34.6 Å². The maximum Gasteiger partial charge on any atom is 0.340 e. The molecule has 21 heavy (non-hydrogen) atoms. The van der Waals surface area contributed by atoms with Crippen LogP contribution in [0.15, 0.2) is 12.1 Å². The molecule has 0 amide bonds. The molecule has 0 spiro atoms. The average Bonchev–Trinajstić information content (AvgIpc) is 2.39. The van der Waals surface area contributed by atoms with Gasteiger partial charge in [0.2, 0.25) is 0 Å². The molecule has 0 aliphatic rings. The zero-order valence-electron chi connectivity index (χ0n) is 13.0. The summed E-state index contributed by atoms with van der Waals surface area (Å²) in [5, 5.41) is 0. The van der Waals surface area contributed by atoms with Crippen LogP contribution in [-0.2, 0) is 11.3 Å². The van der Waals surface area contributed by atoms with Gasteiger partial charge in [-0.25, -0.2) is 14.8 Å². The first kappa shape index (κ1) is 15.1. The van der Waals surface area contributed by atoms with Crippen molar-refractivity contribution in [3.63, 3.8) is 0 Å². The number of rotatable bonds is 3. The van der Waals surface area contributed by atoms with E-state index < -0.39 is 0 Å². The number of hydrogen-bond donors (Lipinski definition) is 0. The fraction of sp³-hybridized carbons (Fsp3) is 0.375. The van der Waals surface area contributed by atoms with Gasteiger partial charge in [0.25, 0.3) is 0 Å². The Morgan fingerprint density at radius 1 is 1.00 bits per heavy atom. The summed E-state index contributed by atoms with van der Waals surface area (Å²) in [6.07, 6.45) is 0. The van der Waals surface area contributed by atoms with Gasteiger partial charge in [0.05, 0.1) is 17.0 Å². The van der Waals surface area contributed by atoms with Crippen molar-refractivity contribution in [3.8, 4) is 0 Å². The van der Waals surface area contributed by atoms with Crippen molar-refractivity contribution >= 4 is 5.97 Å². The maximum absolute atomic E-state index is 12.2. The monoisotopic (exact) mass is 285 g/mol. The number of carbonyl (C=O) groups is 1. The van der Waals surface area contributed by atoms with Crippen LogP contribution in [0.1, 0.15) is 44.5 Å². The molecule has 5 heteroatoms. The van der Waals surface area contributed by atoms with Crippen molar-refractivity contribution in [2.45, 2.75) is 41.2 Å². The standard InChI is InChI=1S/C16H19N3O2/c1-9-6-15(12(4)18-11(9)3)16(20)21-8-14-7-10(2)17-13(5)19-14/h6-7H,8H2,1-5H3. The third-order valence-corrected chi connectivity index (χ3v) is 3.25. The van der Waals surface area contributed by atoms with Crippen LogP contribution in [0.4, 0.5) is 0 Å². The predicted molar refractivity (Wildman–Crippen MR) is 79.1 cm³/mol. The maximum atomic E-state index is 12.2. The lowest BCUT2D eigenvalue weighted by molar-refractivity contribution is 0.0465. The van der Waals surface area contributed by atoms with Crippen LogP contribution in [0.25, 0.3) is 0 Å². The van der Waals surface area contributed by atoms with Gasteiger partial charge in [-0.1, -0.05) is 0 Å². The lowest BCUT2D eigenvalue weighted by atomic mass is 10.1. The summed E-state index contributed by atoms with van der Waals surface area (Å²) in [7, 11) is 0. The molecule has 2 heterocycles. The molecule has 0 saturated heterocycles. The molecule has 0 bridgehead atoms. The largest absolute Gasteiger partial charge is 0.456 e. The Kier molecular flexibility index (Phi) is 4.31. The Bertz CT molecular complexity index is 676. The van der Waals surface area contributed by atoms with E-state index in [1.807, 2.05) is 46.8 Å². The van der Waals surface area contributed by atoms with E-state index >= 15 is 0 Å². The predicted octanol–water partition coefficient (Wildman–Crippen LogP) is 2.77. The second kappa shape index (κ2) is 5.99. The first-order chi connectivity index (χ1) is 9.86. The van der Waals surface area contributed by atoms with Crippen molar-refractivity contribution in [3.05, 3.63) is 51.9 Å². The fourth-order valence-corrected chi connectivity index (χ4v) is 2.12. The van der Waals surface area contributed by atoms with Gasteiger partial charge in [0.15, 0.2) is 0 Å². The smallest absolute Gasteiger partial charge is 0.340 e. The minimum Gasteiger partial charge on any atom is -0.456 e. The SMILES string of the molecule is Cc1cc(COC(=O)c2cc(C)c(C)nc2C)nc(C)n1. The van der Waals surface area contributed by atoms with Gasteiger partial charge in [-0.05, 0) is 52.3 Å². The average molecular weight is 285 g/mol. The van der Waals surface area contributed by atoms with Crippen LogP contribution < -0.4 is 0 Å². The van der Waals surface area contributed by atoms with Gasteiger partial charge in [-0.15, -0.1) is 0 Å². The molecule has 0 unspecified atom stereocenters. The highest BCUT2D eigenvalue weighted by molar-refractivity contribution is 5.90. The normalized spacial score (nSPS) is 10.5. The van der Waals surface area contributed by atoms with Crippen molar-refractivity contribution < 1.29 is 9.53 Å². The number of pyridine rings is 1. The van der Waals surface area contributed by atoms with Crippen LogP contribution in [0.5, 0.6) is 0 Å². The Labute approximate surface area is 124 Å². The zero-order chi connectivity index (χ0) is 15.6. The summed E-state index contributed by atoms with van der Waals surface area (Å²) in [5.74, 6) is 0.294. The first-order valence-electron chi connectivity index (χ1n) is 6.80. The minimum atomic E-state index is -0.378. The van der Waals surface area contributed by atoms with Gasteiger partial charge in [0, 0.05) is 11.4 Å². The molecule has 0 aromatic carbocycles. The molecule has 0 aliphatic heterocycles. The fourth-order valence-electron chi connectivity index (χ4n) is 2.12. The summed E-state index contributed by atoms with van der Waals surface area (Å²) in [4.78, 5) is 25.0. The molecular formula is C16H19N3O2. The van der Waals surface area contributed by atoms with Crippen molar-refractivity contribution in [2.24, 2.45) is 0 Å². The highest BCUT2D eigenvalue weighted by atomic mass is 16.5. The van der Waals surface area contributed by atoms with Crippen molar-refractivity contribution in [1.82, 2.24) is 15.0 Å². The first-order valence-corrected chi connectivity index (χ1v) is 6.80. The number of nitrogens with zero attached hydrogens (tertiary/aromatic N) is 3. The number of aromatic nitrogens is 3. The number of ether oxygens (including phenoxy) is 1. The second-order valence-electron chi connectivity index (χ2n) is 5.15. The van der Waals surface area contributed by atoms with Crippen LogP contribution in [0.2, 0.25) is 0 Å². The molecule has 2 aromatic rings. The van der Waals surface area contributed by atoms with E-state index in [1.165, 1.54) is 0 Å². The van der Waals surface area contributed by atoms with Crippen LogP contribution >= 0.6 is 0 Å². The van der Waals surface area contributed by atoms with E-state index in [9.17, 15) is 4.79 Å². The van der Waals surface area contributed by atoms with Crippen LogP contribution in [0.3, 0.4) is 0 Å². The van der Waals surface area contributed by atoms with Crippen molar-refractivity contribution in [2.75, 3.05) is 0 Å². The lowest BCUT2D eigenvalue weighted by Crippen LogP contribution is -2.11. The Morgan fingerprint density at radius 3 is 2.38 bits per heavy atom. The third kappa shape index (κ3) is 3.62. The molecule has 5 nitrogen and oxygen atoms in total. The lowest BCUT2D eigenvalue weighted by Gasteiger charge is -2.09. The van der Waals surface area contributed by atoms with E-state index in [1.54, 1.807) is 0 Å². The Hall–Kier alpha value is -2.30. The molecule has 0 fully saturated rings. The molecule has 2 aromatic heterocycles. The summed E-state index contributed by atoms with van der Waals surface area (Å²) in [6.45, 7) is 9.49. The summed E-state index contributed by atoms with van der Waals surface area (Å²) < 4.78 is 5.33. The summed E-state index contributed by atoms with van der Waals surface area (Å²) in [6, 6.07) is 3.63. The highest BCUT2D eigenvalue weighted by Crippen LogP contribution is 2.13. The van der Waals surface area contributed by atoms with E-state index in [2.05, 4.69) is 15.0 Å². The summed E-state index contributed by atoms with van der Waals surface area (Å²) >= 11 is 0. The molecule has 0 atom stereocenters. The van der Waals surface area contributed by atoms with Gasteiger partial charge < -0.3 is 4.74 Å². The van der Waals surface area contributed by atoms with Gasteiger partial charge >= 0.3 is 5.97 Å². The third-order valence-electron chi connectivity index (χ3n) is 3.25. The number of esters is 1. The molecule has 2 rings (SSSR count). The van der Waals surface area contributed by atoms with E-state index in [0.717, 1.165) is 17.0 Å². The van der Waals surface area contributed by atoms with E-state index in [0.29, 0.717) is 22.8 Å². The molecule has 0 saturated carbocycles. The number of carbonyl (C=O) groups excluding carboxylic acids is 1. The van der Waals surface area contributed by atoms with Gasteiger partial charge in [0.1, 0.15) is 12.4 Å². The van der Waals surface area contributed by atoms with Gasteiger partial charge in [-0.2, -0.15) is 0 Å². The second-order valence-corrected chi connectivity index (χ2v) is 5.15. The Morgan fingerprint density at radius 2 is 1.71 bits per heavy atom. The molecule has 0 radical (unpaired) electrons. The zero-order valence-corrected chi connectivity index (χ0v) is 13.0. The molecule has 110 valence electrons. The minimum absolute atomic E-state index is 0.134. The highest BCUT2D eigenvalue weighted by Gasteiger charge is 2.14. The Balaban J connectivity index is 2.13. The van der Waals surface area contributed by atoms with Crippen molar-refractivity contribution in [1.29, 1.82) is 0 Å². The molecule has 0 N–H and O–H groups in total. The molecule has 0 aliphatic carbocycles. The quantitative estimate of drug-likeness (QED) is 0.811. The number of aryl methyl sites for hydroxylation is 5. The van der Waals surface area contributed by atoms with Crippen LogP contribution in [-0.4, -0.2) is 20.9 Å². The van der Waals surface area contributed by atoms with E-state index in [4.69, 9.17) is 4.74 Å².